The summed E-state index contributed by atoms with van der Waals surface area (Å²) in [5.74, 6) is -0.0433. The molecule has 1 atom stereocenters. The van der Waals surface area contributed by atoms with Gasteiger partial charge in [0.15, 0.2) is 0 Å². The van der Waals surface area contributed by atoms with E-state index in [1.807, 2.05) is 26.0 Å². The average molecular weight is 249 g/mol. The molecule has 0 heterocycles. The molecule has 1 amide bonds. The van der Waals surface area contributed by atoms with E-state index in [4.69, 9.17) is 10.9 Å². The number of rotatable bonds is 4. The molecule has 0 aliphatic carbocycles. The van der Waals surface area contributed by atoms with Gasteiger partial charge in [0, 0.05) is 18.0 Å². The second-order valence-corrected chi connectivity index (χ2v) is 4.42. The lowest BCUT2D eigenvalue weighted by Gasteiger charge is -2.14. The summed E-state index contributed by atoms with van der Waals surface area (Å²) in [5.41, 5.74) is 8.08. The molecule has 4 N–H and O–H groups in total. The summed E-state index contributed by atoms with van der Waals surface area (Å²) >= 11 is 0. The van der Waals surface area contributed by atoms with Gasteiger partial charge in [-0.1, -0.05) is 17.3 Å². The van der Waals surface area contributed by atoms with Crippen molar-refractivity contribution in [3.63, 3.8) is 0 Å². The van der Waals surface area contributed by atoms with Gasteiger partial charge in [-0.2, -0.15) is 0 Å². The summed E-state index contributed by atoms with van der Waals surface area (Å²) in [6.45, 7) is 5.69. The molecular weight excluding hydrogens is 230 g/mol. The van der Waals surface area contributed by atoms with Crippen molar-refractivity contribution in [2.24, 2.45) is 10.9 Å². The van der Waals surface area contributed by atoms with Gasteiger partial charge in [0.2, 0.25) is 0 Å². The van der Waals surface area contributed by atoms with Crippen LogP contribution < -0.4 is 11.1 Å². The molecule has 5 nitrogen and oxygen atoms in total. The van der Waals surface area contributed by atoms with E-state index in [1.165, 1.54) is 0 Å². The zero-order valence-electron chi connectivity index (χ0n) is 10.9. The van der Waals surface area contributed by atoms with Crippen LogP contribution in [0.1, 0.15) is 34.8 Å². The third kappa shape index (κ3) is 3.48. The summed E-state index contributed by atoms with van der Waals surface area (Å²) in [4.78, 5) is 12.0. The highest BCUT2D eigenvalue weighted by Crippen LogP contribution is 2.12. The minimum atomic E-state index is -0.187. The molecule has 18 heavy (non-hydrogen) atoms. The molecule has 0 bridgehead atoms. The summed E-state index contributed by atoms with van der Waals surface area (Å²) in [7, 11) is 0. The number of carbonyl (C=O) groups is 1. The van der Waals surface area contributed by atoms with E-state index in [2.05, 4.69) is 10.5 Å². The summed E-state index contributed by atoms with van der Waals surface area (Å²) in [6.07, 6.45) is 0.313. The van der Waals surface area contributed by atoms with Gasteiger partial charge in [-0.25, -0.2) is 0 Å². The molecule has 1 unspecified atom stereocenters. The quantitative estimate of drug-likeness (QED) is 0.327. The van der Waals surface area contributed by atoms with Crippen LogP contribution >= 0.6 is 0 Å². The number of amidine groups is 1. The smallest absolute Gasteiger partial charge is 0.251 e. The predicted octanol–water partition coefficient (Wildman–Crippen LogP) is 1.56. The van der Waals surface area contributed by atoms with E-state index in [0.29, 0.717) is 12.0 Å². The van der Waals surface area contributed by atoms with E-state index in [1.54, 1.807) is 13.0 Å². The first kappa shape index (κ1) is 14.0. The fraction of sp³-hybridized carbons (Fsp3) is 0.385. The van der Waals surface area contributed by atoms with Crippen molar-refractivity contribution in [3.05, 3.63) is 34.9 Å². The molecule has 0 saturated heterocycles. The lowest BCUT2D eigenvalue weighted by Crippen LogP contribution is -2.36. The van der Waals surface area contributed by atoms with Crippen molar-refractivity contribution < 1.29 is 10.0 Å². The van der Waals surface area contributed by atoms with E-state index >= 15 is 0 Å². The van der Waals surface area contributed by atoms with Crippen molar-refractivity contribution >= 4 is 11.7 Å². The molecule has 0 saturated carbocycles. The highest BCUT2D eigenvalue weighted by Gasteiger charge is 2.13. The van der Waals surface area contributed by atoms with Gasteiger partial charge in [-0.15, -0.1) is 0 Å². The van der Waals surface area contributed by atoms with Crippen LogP contribution in [0.15, 0.2) is 23.4 Å². The number of aryl methyl sites for hydroxylation is 1. The minimum Gasteiger partial charge on any atom is -0.409 e. The molecule has 0 radical (unpaired) electrons. The molecule has 0 aromatic heterocycles. The van der Waals surface area contributed by atoms with Gasteiger partial charge in [-0.3, -0.25) is 4.79 Å². The lowest BCUT2D eigenvalue weighted by atomic mass is 10.0. The van der Waals surface area contributed by atoms with Gasteiger partial charge in [0.25, 0.3) is 5.91 Å². The van der Waals surface area contributed by atoms with Crippen molar-refractivity contribution in [1.29, 1.82) is 0 Å². The SMILES string of the molecule is Cc1cccc(C(=O)NC(C)CC(N)=NO)c1C. The first-order chi connectivity index (χ1) is 8.45. The Bertz CT molecular complexity index is 469. The Morgan fingerprint density at radius 2 is 2.17 bits per heavy atom. The molecule has 98 valence electrons. The Morgan fingerprint density at radius 3 is 2.78 bits per heavy atom. The first-order valence-corrected chi connectivity index (χ1v) is 5.79. The van der Waals surface area contributed by atoms with Crippen molar-refractivity contribution in [1.82, 2.24) is 5.32 Å². The minimum absolute atomic E-state index is 0.101. The molecule has 5 heteroatoms. The van der Waals surface area contributed by atoms with E-state index in [-0.39, 0.29) is 17.8 Å². The predicted molar refractivity (Wildman–Crippen MR) is 70.9 cm³/mol. The first-order valence-electron chi connectivity index (χ1n) is 5.79. The van der Waals surface area contributed by atoms with E-state index in [9.17, 15) is 4.79 Å². The number of hydrogen-bond acceptors (Lipinski definition) is 3. The van der Waals surface area contributed by atoms with Gasteiger partial charge in [0.1, 0.15) is 5.84 Å². The van der Waals surface area contributed by atoms with Crippen molar-refractivity contribution in [2.75, 3.05) is 0 Å². The number of benzene rings is 1. The lowest BCUT2D eigenvalue weighted by molar-refractivity contribution is 0.0940. The second-order valence-electron chi connectivity index (χ2n) is 4.42. The molecule has 1 aromatic rings. The number of hydrogen-bond donors (Lipinski definition) is 3. The van der Waals surface area contributed by atoms with Crippen molar-refractivity contribution in [2.45, 2.75) is 33.2 Å². The van der Waals surface area contributed by atoms with Crippen LogP contribution in [0, 0.1) is 13.8 Å². The van der Waals surface area contributed by atoms with Crippen LogP contribution in [0.3, 0.4) is 0 Å². The van der Waals surface area contributed by atoms with Crippen LogP contribution in [0.5, 0.6) is 0 Å². The van der Waals surface area contributed by atoms with Crippen LogP contribution in [-0.4, -0.2) is 23.0 Å². The van der Waals surface area contributed by atoms with Crippen LogP contribution in [-0.2, 0) is 0 Å². The maximum absolute atomic E-state index is 12.0. The number of carbonyl (C=O) groups excluding carboxylic acids is 1. The van der Waals surface area contributed by atoms with E-state index < -0.39 is 0 Å². The Labute approximate surface area is 107 Å². The molecule has 0 spiro atoms. The molecule has 1 aromatic carbocycles. The molecule has 1 rings (SSSR count). The van der Waals surface area contributed by atoms with Gasteiger partial charge < -0.3 is 16.3 Å². The number of nitrogens with zero attached hydrogens (tertiary/aromatic N) is 1. The largest absolute Gasteiger partial charge is 0.409 e. The summed E-state index contributed by atoms with van der Waals surface area (Å²) < 4.78 is 0. The standard InChI is InChI=1S/C13H19N3O2/c1-8-5-4-6-11(10(8)3)13(17)15-9(2)7-12(14)16-18/h4-6,9,18H,7H2,1-3H3,(H2,14,16)(H,15,17). The molecule has 0 aliphatic rings. The fourth-order valence-electron chi connectivity index (χ4n) is 1.70. The topological polar surface area (TPSA) is 87.7 Å². The number of nitrogens with two attached hydrogens (primary N) is 1. The molecule has 0 aliphatic heterocycles. The maximum atomic E-state index is 12.0. The summed E-state index contributed by atoms with van der Waals surface area (Å²) in [5, 5.41) is 14.2. The zero-order valence-corrected chi connectivity index (χ0v) is 10.9. The van der Waals surface area contributed by atoms with Crippen LogP contribution in [0.25, 0.3) is 0 Å². The third-order valence-electron chi connectivity index (χ3n) is 2.87. The van der Waals surface area contributed by atoms with Gasteiger partial charge in [-0.05, 0) is 38.0 Å². The number of oxime groups is 1. The number of amides is 1. The van der Waals surface area contributed by atoms with Gasteiger partial charge >= 0.3 is 0 Å². The Kier molecular flexibility index (Phi) is 4.71. The normalized spacial score (nSPS) is 13.2. The molecular formula is C13H19N3O2. The summed E-state index contributed by atoms with van der Waals surface area (Å²) in [6, 6.07) is 5.42. The van der Waals surface area contributed by atoms with Crippen molar-refractivity contribution in [3.8, 4) is 0 Å². The number of nitrogens with one attached hydrogen (secondary N) is 1. The molecule has 0 fully saturated rings. The monoisotopic (exact) mass is 249 g/mol. The Hall–Kier alpha value is -2.04. The maximum Gasteiger partial charge on any atom is 0.251 e. The van der Waals surface area contributed by atoms with Crippen LogP contribution in [0.2, 0.25) is 0 Å². The Morgan fingerprint density at radius 1 is 1.50 bits per heavy atom. The third-order valence-corrected chi connectivity index (χ3v) is 2.87. The fourth-order valence-corrected chi connectivity index (χ4v) is 1.70. The second kappa shape index (κ2) is 6.05. The Balaban J connectivity index is 2.74. The van der Waals surface area contributed by atoms with Crippen LogP contribution in [0.4, 0.5) is 0 Å². The highest BCUT2D eigenvalue weighted by atomic mass is 16.4. The van der Waals surface area contributed by atoms with E-state index in [0.717, 1.165) is 11.1 Å². The highest BCUT2D eigenvalue weighted by molar-refractivity contribution is 5.96. The average Bonchev–Trinajstić information content (AvgIpc) is 2.32. The van der Waals surface area contributed by atoms with Gasteiger partial charge in [0.05, 0.1) is 0 Å². The zero-order chi connectivity index (χ0) is 13.7.